The third-order valence-corrected chi connectivity index (χ3v) is 3.61. The molecule has 0 amide bonds. The van der Waals surface area contributed by atoms with Gasteiger partial charge in [0.2, 0.25) is 0 Å². The van der Waals surface area contributed by atoms with E-state index in [1.165, 1.54) is 11.9 Å². The average molecular weight is 320 g/mol. The molecule has 0 aliphatic carbocycles. The fourth-order valence-corrected chi connectivity index (χ4v) is 2.34. The second-order valence-corrected chi connectivity index (χ2v) is 5.61. The molecule has 5 heteroatoms. The highest BCUT2D eigenvalue weighted by molar-refractivity contribution is 5.67. The minimum atomic E-state index is 0.698. The Balaban J connectivity index is 1.80. The first-order chi connectivity index (χ1) is 11.6. The van der Waals surface area contributed by atoms with Gasteiger partial charge >= 0.3 is 0 Å². The number of methoxy groups -OCH3 is 1. The molecule has 2 aromatic carbocycles. The maximum atomic E-state index is 5.39. The third kappa shape index (κ3) is 3.81. The lowest BCUT2D eigenvalue weighted by Gasteiger charge is -2.12. The van der Waals surface area contributed by atoms with Gasteiger partial charge in [-0.1, -0.05) is 23.8 Å². The molecule has 0 atom stereocenters. The number of aromatic nitrogens is 2. The van der Waals surface area contributed by atoms with Gasteiger partial charge in [-0.3, -0.25) is 0 Å². The Morgan fingerprint density at radius 2 is 1.46 bits per heavy atom. The molecule has 0 saturated heterocycles. The predicted molar refractivity (Wildman–Crippen MR) is 97.5 cm³/mol. The number of nitrogens with zero attached hydrogens (tertiary/aromatic N) is 2. The van der Waals surface area contributed by atoms with Crippen molar-refractivity contribution < 1.29 is 4.74 Å². The maximum absolute atomic E-state index is 5.39. The van der Waals surface area contributed by atoms with Crippen LogP contribution < -0.4 is 15.4 Å². The summed E-state index contributed by atoms with van der Waals surface area (Å²) in [6.45, 7) is 4.10. The van der Waals surface area contributed by atoms with Crippen molar-refractivity contribution in [3.05, 3.63) is 66.0 Å². The minimum Gasteiger partial charge on any atom is -0.495 e. The van der Waals surface area contributed by atoms with Gasteiger partial charge in [-0.25, -0.2) is 9.97 Å². The Morgan fingerprint density at radius 1 is 0.792 bits per heavy atom. The van der Waals surface area contributed by atoms with E-state index in [1.807, 2.05) is 43.3 Å². The molecule has 2 N–H and O–H groups in total. The average Bonchev–Trinajstić information content (AvgIpc) is 2.58. The molecular formula is C19H20N4O. The SMILES string of the molecule is COc1ccc(C)cc1Nc1cc(Nc2ccc(C)cc2)ncn1. The van der Waals surface area contributed by atoms with Crippen molar-refractivity contribution in [3.63, 3.8) is 0 Å². The molecule has 3 rings (SSSR count). The normalized spacial score (nSPS) is 10.3. The molecule has 0 radical (unpaired) electrons. The molecule has 0 unspecified atom stereocenters. The van der Waals surface area contributed by atoms with Crippen molar-refractivity contribution in [2.24, 2.45) is 0 Å². The Hall–Kier alpha value is -3.08. The van der Waals surface area contributed by atoms with Crippen LogP contribution in [0.5, 0.6) is 5.75 Å². The number of hydrogen-bond acceptors (Lipinski definition) is 5. The minimum absolute atomic E-state index is 0.698. The first-order valence-electron chi connectivity index (χ1n) is 7.71. The Bertz CT molecular complexity index is 831. The number of anilines is 4. The third-order valence-electron chi connectivity index (χ3n) is 3.61. The molecule has 1 aromatic heterocycles. The summed E-state index contributed by atoms with van der Waals surface area (Å²) in [5, 5.41) is 6.56. The Morgan fingerprint density at radius 3 is 2.17 bits per heavy atom. The number of hydrogen-bond donors (Lipinski definition) is 2. The van der Waals surface area contributed by atoms with Crippen LogP contribution >= 0.6 is 0 Å². The van der Waals surface area contributed by atoms with E-state index >= 15 is 0 Å². The summed E-state index contributed by atoms with van der Waals surface area (Å²) in [7, 11) is 1.65. The lowest BCUT2D eigenvalue weighted by atomic mass is 10.2. The monoisotopic (exact) mass is 320 g/mol. The molecular weight excluding hydrogens is 300 g/mol. The smallest absolute Gasteiger partial charge is 0.142 e. The Labute approximate surface area is 141 Å². The largest absolute Gasteiger partial charge is 0.495 e. The topological polar surface area (TPSA) is 59.1 Å². The molecule has 0 fully saturated rings. The van der Waals surface area contributed by atoms with Gasteiger partial charge in [0, 0.05) is 11.8 Å². The van der Waals surface area contributed by atoms with Crippen LogP contribution in [0.4, 0.5) is 23.0 Å². The first kappa shape index (κ1) is 15.8. The molecule has 0 aliphatic heterocycles. The van der Waals surface area contributed by atoms with E-state index in [4.69, 9.17) is 4.74 Å². The molecule has 122 valence electrons. The van der Waals surface area contributed by atoms with E-state index in [9.17, 15) is 0 Å². The zero-order chi connectivity index (χ0) is 16.9. The van der Waals surface area contributed by atoms with Gasteiger partial charge < -0.3 is 15.4 Å². The molecule has 24 heavy (non-hydrogen) atoms. The maximum Gasteiger partial charge on any atom is 0.142 e. The van der Waals surface area contributed by atoms with Gasteiger partial charge in [0.1, 0.15) is 23.7 Å². The Kier molecular flexibility index (Phi) is 4.61. The van der Waals surface area contributed by atoms with Crippen LogP contribution in [-0.4, -0.2) is 17.1 Å². The molecule has 0 aliphatic rings. The summed E-state index contributed by atoms with van der Waals surface area (Å²) in [5.41, 5.74) is 4.22. The van der Waals surface area contributed by atoms with Gasteiger partial charge in [-0.15, -0.1) is 0 Å². The quantitative estimate of drug-likeness (QED) is 0.720. The predicted octanol–water partition coefficient (Wildman–Crippen LogP) is 4.59. The number of benzene rings is 2. The van der Waals surface area contributed by atoms with E-state index < -0.39 is 0 Å². The fourth-order valence-electron chi connectivity index (χ4n) is 2.34. The van der Waals surface area contributed by atoms with Crippen LogP contribution in [0.2, 0.25) is 0 Å². The summed E-state index contributed by atoms with van der Waals surface area (Å²) in [4.78, 5) is 8.54. The van der Waals surface area contributed by atoms with Crippen LogP contribution in [0.25, 0.3) is 0 Å². The summed E-state index contributed by atoms with van der Waals surface area (Å²) >= 11 is 0. The van der Waals surface area contributed by atoms with E-state index in [2.05, 4.69) is 39.7 Å². The van der Waals surface area contributed by atoms with Gasteiger partial charge in [0.05, 0.1) is 12.8 Å². The highest BCUT2D eigenvalue weighted by Crippen LogP contribution is 2.28. The lowest BCUT2D eigenvalue weighted by Crippen LogP contribution is -2.00. The van der Waals surface area contributed by atoms with Crippen LogP contribution in [-0.2, 0) is 0 Å². The van der Waals surface area contributed by atoms with E-state index in [-0.39, 0.29) is 0 Å². The van der Waals surface area contributed by atoms with E-state index in [1.54, 1.807) is 7.11 Å². The molecule has 1 heterocycles. The van der Waals surface area contributed by atoms with Crippen LogP contribution in [0.3, 0.4) is 0 Å². The van der Waals surface area contributed by atoms with Crippen LogP contribution in [0, 0.1) is 13.8 Å². The second-order valence-electron chi connectivity index (χ2n) is 5.61. The number of nitrogens with one attached hydrogen (secondary N) is 2. The van der Waals surface area contributed by atoms with Crippen molar-refractivity contribution >= 4 is 23.0 Å². The molecule has 0 bridgehead atoms. The zero-order valence-electron chi connectivity index (χ0n) is 14.0. The van der Waals surface area contributed by atoms with Gasteiger partial charge in [-0.2, -0.15) is 0 Å². The molecule has 3 aromatic rings. The fraction of sp³-hybridized carbons (Fsp3) is 0.158. The summed E-state index contributed by atoms with van der Waals surface area (Å²) in [5.74, 6) is 2.19. The van der Waals surface area contributed by atoms with Gasteiger partial charge in [0.25, 0.3) is 0 Å². The lowest BCUT2D eigenvalue weighted by molar-refractivity contribution is 0.416. The second kappa shape index (κ2) is 7.00. The highest BCUT2D eigenvalue weighted by atomic mass is 16.5. The molecule has 0 saturated carbocycles. The van der Waals surface area contributed by atoms with Crippen molar-refractivity contribution in [3.8, 4) is 5.75 Å². The number of ether oxygens (including phenoxy) is 1. The van der Waals surface area contributed by atoms with E-state index in [0.29, 0.717) is 5.82 Å². The van der Waals surface area contributed by atoms with Gasteiger partial charge in [-0.05, 0) is 43.7 Å². The zero-order valence-corrected chi connectivity index (χ0v) is 14.0. The highest BCUT2D eigenvalue weighted by Gasteiger charge is 2.06. The van der Waals surface area contributed by atoms with Crippen molar-refractivity contribution in [2.45, 2.75) is 13.8 Å². The number of aryl methyl sites for hydroxylation is 2. The summed E-state index contributed by atoms with van der Waals surface area (Å²) < 4.78 is 5.39. The van der Waals surface area contributed by atoms with Crippen molar-refractivity contribution in [2.75, 3.05) is 17.7 Å². The van der Waals surface area contributed by atoms with Crippen LogP contribution in [0.15, 0.2) is 54.9 Å². The van der Waals surface area contributed by atoms with Crippen LogP contribution in [0.1, 0.15) is 11.1 Å². The summed E-state index contributed by atoms with van der Waals surface area (Å²) in [6, 6.07) is 16.0. The molecule has 5 nitrogen and oxygen atoms in total. The van der Waals surface area contributed by atoms with Crippen molar-refractivity contribution in [1.82, 2.24) is 9.97 Å². The first-order valence-corrected chi connectivity index (χ1v) is 7.71. The molecule has 0 spiro atoms. The standard InChI is InChI=1S/C19H20N4O/c1-13-4-7-15(8-5-13)22-18-11-19(21-12-20-18)23-16-10-14(2)6-9-17(16)24-3/h4-12H,1-3H3,(H2,20,21,22,23). The van der Waals surface area contributed by atoms with Crippen molar-refractivity contribution in [1.29, 1.82) is 0 Å². The summed E-state index contributed by atoms with van der Waals surface area (Å²) in [6.07, 6.45) is 1.53. The van der Waals surface area contributed by atoms with Gasteiger partial charge in [0.15, 0.2) is 0 Å². The number of rotatable bonds is 5. The van der Waals surface area contributed by atoms with E-state index in [0.717, 1.165) is 28.5 Å².